The summed E-state index contributed by atoms with van der Waals surface area (Å²) in [6.45, 7) is -0.464. The number of carbonyl (C=O) groups is 4. The van der Waals surface area contributed by atoms with Crippen LogP contribution in [-0.2, 0) is 14.4 Å². The molecule has 2 aromatic rings. The Balaban J connectivity index is 1.33. The first-order valence-corrected chi connectivity index (χ1v) is 10.7. The maximum atomic E-state index is 13.0. The summed E-state index contributed by atoms with van der Waals surface area (Å²) >= 11 is 0. The molecule has 168 valence electrons. The van der Waals surface area contributed by atoms with Gasteiger partial charge >= 0.3 is 0 Å². The zero-order valence-corrected chi connectivity index (χ0v) is 18.2. The van der Waals surface area contributed by atoms with E-state index in [1.54, 1.807) is 53.4 Å². The molecule has 4 rings (SSSR count). The molecular formula is C25H24N4O4. The predicted molar refractivity (Wildman–Crippen MR) is 122 cm³/mol. The average Bonchev–Trinajstić information content (AvgIpc) is 3.61. The van der Waals surface area contributed by atoms with Crippen LogP contribution in [0, 0.1) is 12.3 Å². The van der Waals surface area contributed by atoms with E-state index in [-0.39, 0.29) is 30.9 Å². The maximum Gasteiger partial charge on any atom is 0.255 e. The molecule has 1 saturated carbocycles. The van der Waals surface area contributed by atoms with E-state index in [0.29, 0.717) is 22.4 Å². The van der Waals surface area contributed by atoms with Gasteiger partial charge in [-0.2, -0.15) is 0 Å². The molecule has 2 aliphatic rings. The van der Waals surface area contributed by atoms with Gasteiger partial charge in [-0.05, 0) is 42.7 Å². The van der Waals surface area contributed by atoms with Crippen LogP contribution in [0.5, 0.6) is 0 Å². The van der Waals surface area contributed by atoms with Gasteiger partial charge in [-0.15, -0.1) is 6.42 Å². The van der Waals surface area contributed by atoms with Crippen molar-refractivity contribution in [3.63, 3.8) is 0 Å². The van der Waals surface area contributed by atoms with Gasteiger partial charge in [-0.25, -0.2) is 0 Å². The molecule has 0 aromatic heterocycles. The van der Waals surface area contributed by atoms with E-state index in [2.05, 4.69) is 16.6 Å². The Morgan fingerprint density at radius 2 is 1.91 bits per heavy atom. The molecule has 0 radical (unpaired) electrons. The van der Waals surface area contributed by atoms with Gasteiger partial charge in [0, 0.05) is 29.9 Å². The van der Waals surface area contributed by atoms with E-state index in [1.807, 2.05) is 0 Å². The summed E-state index contributed by atoms with van der Waals surface area (Å²) in [5.74, 6) is 1.12. The molecule has 2 N–H and O–H groups in total. The van der Waals surface area contributed by atoms with Crippen LogP contribution in [0.2, 0.25) is 0 Å². The molecule has 33 heavy (non-hydrogen) atoms. The lowest BCUT2D eigenvalue weighted by Gasteiger charge is -2.25. The van der Waals surface area contributed by atoms with Crippen LogP contribution in [0.3, 0.4) is 0 Å². The van der Waals surface area contributed by atoms with E-state index in [4.69, 9.17) is 6.42 Å². The first kappa shape index (κ1) is 22.1. The minimum atomic E-state index is -0.744. The minimum Gasteiger partial charge on any atom is -0.345 e. The summed E-state index contributed by atoms with van der Waals surface area (Å²) in [6.07, 6.45) is 7.09. The lowest BCUT2D eigenvalue weighted by Crippen LogP contribution is -2.45. The lowest BCUT2D eigenvalue weighted by atomic mass is 10.0. The Hall–Kier alpha value is -4.12. The highest BCUT2D eigenvalue weighted by Gasteiger charge is 2.47. The van der Waals surface area contributed by atoms with Crippen LogP contribution in [0.15, 0.2) is 48.5 Å². The van der Waals surface area contributed by atoms with Gasteiger partial charge < -0.3 is 20.4 Å². The number of fused-ring (bicyclic) bond motifs is 1. The number of nitrogens with one attached hydrogen (secondary N) is 2. The third-order valence-electron chi connectivity index (χ3n) is 5.72. The van der Waals surface area contributed by atoms with Gasteiger partial charge in [-0.3, -0.25) is 19.2 Å². The van der Waals surface area contributed by atoms with Crippen molar-refractivity contribution in [2.45, 2.75) is 24.9 Å². The monoisotopic (exact) mass is 444 g/mol. The second-order valence-corrected chi connectivity index (χ2v) is 8.17. The van der Waals surface area contributed by atoms with E-state index in [0.717, 1.165) is 12.8 Å². The van der Waals surface area contributed by atoms with Crippen LogP contribution in [0.1, 0.15) is 40.4 Å². The molecule has 1 atom stereocenters. The van der Waals surface area contributed by atoms with E-state index in [1.165, 1.54) is 11.9 Å². The Labute approximate surface area is 191 Å². The van der Waals surface area contributed by atoms with Gasteiger partial charge in [-0.1, -0.05) is 30.2 Å². The normalized spacial score (nSPS) is 16.5. The second-order valence-electron chi connectivity index (χ2n) is 8.17. The van der Waals surface area contributed by atoms with Crippen LogP contribution < -0.4 is 10.6 Å². The number of hydrogen-bond donors (Lipinski definition) is 2. The maximum absolute atomic E-state index is 13.0. The molecule has 2 aromatic carbocycles. The van der Waals surface area contributed by atoms with Gasteiger partial charge in [0.25, 0.3) is 5.91 Å². The molecule has 4 amide bonds. The molecule has 1 aliphatic carbocycles. The summed E-state index contributed by atoms with van der Waals surface area (Å²) in [5.41, 5.74) is 2.35. The number of benzene rings is 2. The predicted octanol–water partition coefficient (Wildman–Crippen LogP) is 1.54. The van der Waals surface area contributed by atoms with Crippen molar-refractivity contribution in [3.8, 4) is 12.3 Å². The number of carbonyl (C=O) groups excluding carboxylic acids is 4. The van der Waals surface area contributed by atoms with Crippen molar-refractivity contribution < 1.29 is 19.2 Å². The minimum absolute atomic E-state index is 0.0516. The molecule has 1 unspecified atom stereocenters. The van der Waals surface area contributed by atoms with Crippen LogP contribution in [0.25, 0.3) is 0 Å². The fourth-order valence-corrected chi connectivity index (χ4v) is 3.92. The summed E-state index contributed by atoms with van der Waals surface area (Å²) in [4.78, 5) is 53.4. The highest BCUT2D eigenvalue weighted by molar-refractivity contribution is 6.05. The number of rotatable bonds is 7. The SMILES string of the molecule is C#Cc1cccc(NC(=O)CN(C)C(=O)CNC(=O)C2c3ccccc3C(=O)N2C2CC2)c1. The molecular weight excluding hydrogens is 420 g/mol. The van der Waals surface area contributed by atoms with Gasteiger partial charge in [0.15, 0.2) is 0 Å². The molecule has 0 bridgehead atoms. The topological polar surface area (TPSA) is 98.8 Å². The molecule has 8 nitrogen and oxygen atoms in total. The molecule has 0 saturated heterocycles. The average molecular weight is 444 g/mol. The van der Waals surface area contributed by atoms with Crippen molar-refractivity contribution in [1.29, 1.82) is 0 Å². The van der Waals surface area contributed by atoms with Crippen molar-refractivity contribution in [2.75, 3.05) is 25.5 Å². The number of hydrogen-bond acceptors (Lipinski definition) is 4. The summed E-state index contributed by atoms with van der Waals surface area (Å²) < 4.78 is 0. The first-order chi connectivity index (χ1) is 15.9. The van der Waals surface area contributed by atoms with Gasteiger partial charge in [0.1, 0.15) is 6.04 Å². The Morgan fingerprint density at radius 1 is 1.15 bits per heavy atom. The summed E-state index contributed by atoms with van der Waals surface area (Å²) in [5, 5.41) is 5.33. The zero-order chi connectivity index (χ0) is 23.5. The number of anilines is 1. The van der Waals surface area contributed by atoms with Crippen molar-refractivity contribution >= 4 is 29.3 Å². The highest BCUT2D eigenvalue weighted by Crippen LogP contribution is 2.41. The molecule has 1 aliphatic heterocycles. The molecule has 0 spiro atoms. The van der Waals surface area contributed by atoms with Gasteiger partial charge in [0.2, 0.25) is 17.7 Å². The Bertz CT molecular complexity index is 1160. The smallest absolute Gasteiger partial charge is 0.255 e. The van der Waals surface area contributed by atoms with E-state index in [9.17, 15) is 19.2 Å². The fourth-order valence-electron chi connectivity index (χ4n) is 3.92. The molecule has 1 fully saturated rings. The first-order valence-electron chi connectivity index (χ1n) is 10.7. The largest absolute Gasteiger partial charge is 0.345 e. The standard InChI is InChI=1S/C25H24N4O4/c1-3-16-7-6-8-17(13-16)27-21(30)15-28(2)22(31)14-26-24(32)23-19-9-4-5-10-20(19)25(33)29(23)18-11-12-18/h1,4-10,13,18,23H,11-12,14-15H2,2H3,(H,26,32)(H,27,30). The fraction of sp³-hybridized carbons (Fsp3) is 0.280. The van der Waals surface area contributed by atoms with Crippen molar-refractivity contribution in [3.05, 3.63) is 65.2 Å². The number of likely N-dealkylation sites (N-methyl/N-ethyl adjacent to an activating group) is 1. The van der Waals surface area contributed by atoms with Gasteiger partial charge in [0.05, 0.1) is 13.1 Å². The number of terminal acetylenes is 1. The van der Waals surface area contributed by atoms with Crippen molar-refractivity contribution in [1.82, 2.24) is 15.1 Å². The van der Waals surface area contributed by atoms with Crippen molar-refractivity contribution in [2.24, 2.45) is 0 Å². The number of amides is 4. The van der Waals surface area contributed by atoms with E-state index < -0.39 is 17.9 Å². The third-order valence-corrected chi connectivity index (χ3v) is 5.72. The Kier molecular flexibility index (Phi) is 6.13. The molecule has 8 heteroatoms. The van der Waals surface area contributed by atoms with Crippen LogP contribution in [0.4, 0.5) is 5.69 Å². The van der Waals surface area contributed by atoms with Crippen LogP contribution >= 0.6 is 0 Å². The quantitative estimate of drug-likeness (QED) is 0.633. The molecule has 1 heterocycles. The second kappa shape index (κ2) is 9.17. The summed E-state index contributed by atoms with van der Waals surface area (Å²) in [7, 11) is 1.48. The summed E-state index contributed by atoms with van der Waals surface area (Å²) in [6, 6.07) is 13.2. The van der Waals surface area contributed by atoms with E-state index >= 15 is 0 Å². The van der Waals surface area contributed by atoms with Crippen LogP contribution in [-0.4, -0.2) is 59.6 Å². The highest BCUT2D eigenvalue weighted by atomic mass is 16.2. The lowest BCUT2D eigenvalue weighted by molar-refractivity contribution is -0.135. The Morgan fingerprint density at radius 3 is 2.64 bits per heavy atom. The number of nitrogens with zero attached hydrogens (tertiary/aromatic N) is 2. The zero-order valence-electron chi connectivity index (χ0n) is 18.2. The third kappa shape index (κ3) is 4.72.